The Balaban J connectivity index is 1.58. The third-order valence-corrected chi connectivity index (χ3v) is 6.03. The Labute approximate surface area is 162 Å². The summed E-state index contributed by atoms with van der Waals surface area (Å²) in [6.07, 6.45) is 6.17. The number of amides is 2. The van der Waals surface area contributed by atoms with Gasteiger partial charge in [0.2, 0.25) is 5.91 Å². The Kier molecular flexibility index (Phi) is 6.39. The van der Waals surface area contributed by atoms with Crippen molar-refractivity contribution in [2.45, 2.75) is 38.5 Å². The van der Waals surface area contributed by atoms with Gasteiger partial charge in [0.25, 0.3) is 5.91 Å². The second kappa shape index (κ2) is 8.54. The van der Waals surface area contributed by atoms with Crippen LogP contribution in [0.5, 0.6) is 0 Å². The van der Waals surface area contributed by atoms with E-state index in [2.05, 4.69) is 15.9 Å². The SMILES string of the molecule is O=C(c1cc(Br)ccc1Cl)N1CCC(C(=O)N2CCCCCC2)CC1. The fourth-order valence-electron chi connectivity index (χ4n) is 3.71. The smallest absolute Gasteiger partial charge is 0.255 e. The van der Waals surface area contributed by atoms with Crippen LogP contribution >= 0.6 is 27.5 Å². The van der Waals surface area contributed by atoms with Gasteiger partial charge in [0.05, 0.1) is 10.6 Å². The fraction of sp³-hybridized carbons (Fsp3) is 0.579. The monoisotopic (exact) mass is 426 g/mol. The quantitative estimate of drug-likeness (QED) is 0.704. The molecule has 4 nitrogen and oxygen atoms in total. The fourth-order valence-corrected chi connectivity index (χ4v) is 4.27. The number of carbonyl (C=O) groups is 2. The van der Waals surface area contributed by atoms with E-state index in [0.717, 1.165) is 43.2 Å². The van der Waals surface area contributed by atoms with Gasteiger partial charge >= 0.3 is 0 Å². The van der Waals surface area contributed by atoms with Crippen molar-refractivity contribution in [3.8, 4) is 0 Å². The molecule has 1 aromatic carbocycles. The van der Waals surface area contributed by atoms with E-state index in [-0.39, 0.29) is 17.7 Å². The first-order valence-corrected chi connectivity index (χ1v) is 10.3. The molecule has 2 heterocycles. The minimum atomic E-state index is -0.0491. The molecule has 0 bridgehead atoms. The maximum atomic E-state index is 12.7. The number of benzene rings is 1. The highest BCUT2D eigenvalue weighted by Crippen LogP contribution is 2.26. The first-order valence-electron chi connectivity index (χ1n) is 9.09. The summed E-state index contributed by atoms with van der Waals surface area (Å²) < 4.78 is 0.839. The van der Waals surface area contributed by atoms with Crippen LogP contribution in [0.15, 0.2) is 22.7 Å². The van der Waals surface area contributed by atoms with E-state index in [1.54, 1.807) is 12.1 Å². The van der Waals surface area contributed by atoms with Crippen molar-refractivity contribution < 1.29 is 9.59 Å². The maximum Gasteiger partial charge on any atom is 0.255 e. The maximum absolute atomic E-state index is 12.7. The largest absolute Gasteiger partial charge is 0.342 e. The molecule has 2 aliphatic rings. The summed E-state index contributed by atoms with van der Waals surface area (Å²) in [7, 11) is 0. The minimum Gasteiger partial charge on any atom is -0.342 e. The molecular formula is C19H24BrClN2O2. The average Bonchev–Trinajstić information content (AvgIpc) is 2.92. The second-order valence-corrected chi connectivity index (χ2v) is 8.25. The van der Waals surface area contributed by atoms with E-state index in [9.17, 15) is 9.59 Å². The lowest BCUT2D eigenvalue weighted by molar-refractivity contribution is -0.136. The van der Waals surface area contributed by atoms with Gasteiger partial charge in [-0.15, -0.1) is 0 Å². The van der Waals surface area contributed by atoms with E-state index < -0.39 is 0 Å². The molecule has 0 radical (unpaired) electrons. The molecule has 1 aromatic rings. The van der Waals surface area contributed by atoms with Gasteiger partial charge in [-0.2, -0.15) is 0 Å². The van der Waals surface area contributed by atoms with Crippen molar-refractivity contribution in [2.24, 2.45) is 5.92 Å². The van der Waals surface area contributed by atoms with Crippen molar-refractivity contribution in [3.63, 3.8) is 0 Å². The predicted molar refractivity (Wildman–Crippen MR) is 103 cm³/mol. The molecule has 0 spiro atoms. The zero-order valence-corrected chi connectivity index (χ0v) is 16.7. The molecule has 0 unspecified atom stereocenters. The molecule has 3 rings (SSSR count). The molecule has 0 saturated carbocycles. The Bertz CT molecular complexity index is 636. The van der Waals surface area contributed by atoms with Crippen LogP contribution in [-0.2, 0) is 4.79 Å². The Morgan fingerprint density at radius 1 is 0.960 bits per heavy atom. The highest BCUT2D eigenvalue weighted by Gasteiger charge is 2.31. The summed E-state index contributed by atoms with van der Waals surface area (Å²) in [5, 5.41) is 0.468. The van der Waals surface area contributed by atoms with Crippen LogP contribution in [0.2, 0.25) is 5.02 Å². The number of halogens is 2. The van der Waals surface area contributed by atoms with Crippen LogP contribution in [0, 0.1) is 5.92 Å². The lowest BCUT2D eigenvalue weighted by Crippen LogP contribution is -2.44. The van der Waals surface area contributed by atoms with Crippen LogP contribution < -0.4 is 0 Å². The third kappa shape index (κ3) is 4.56. The van der Waals surface area contributed by atoms with Gasteiger partial charge in [-0.05, 0) is 43.9 Å². The first-order chi connectivity index (χ1) is 12.1. The predicted octanol–water partition coefficient (Wildman–Crippen LogP) is 4.36. The van der Waals surface area contributed by atoms with Crippen LogP contribution in [-0.4, -0.2) is 47.8 Å². The van der Waals surface area contributed by atoms with Crippen molar-refractivity contribution in [1.82, 2.24) is 9.80 Å². The topological polar surface area (TPSA) is 40.6 Å². The molecular weight excluding hydrogens is 404 g/mol. The zero-order valence-electron chi connectivity index (χ0n) is 14.3. The molecule has 136 valence electrons. The van der Waals surface area contributed by atoms with Crippen molar-refractivity contribution >= 4 is 39.3 Å². The van der Waals surface area contributed by atoms with Gasteiger partial charge in [-0.3, -0.25) is 9.59 Å². The van der Waals surface area contributed by atoms with Crippen molar-refractivity contribution in [1.29, 1.82) is 0 Å². The summed E-state index contributed by atoms with van der Waals surface area (Å²) in [5.41, 5.74) is 0.522. The van der Waals surface area contributed by atoms with Gasteiger partial charge in [0.1, 0.15) is 0 Å². The Hall–Kier alpha value is -1.07. The Morgan fingerprint density at radius 2 is 1.60 bits per heavy atom. The molecule has 2 fully saturated rings. The standard InChI is InChI=1S/C19H24BrClN2O2/c20-15-5-6-17(21)16(13-15)19(25)23-11-7-14(8-12-23)18(24)22-9-3-1-2-4-10-22/h5-6,13-14H,1-4,7-12H2. The Morgan fingerprint density at radius 3 is 2.24 bits per heavy atom. The number of hydrogen-bond donors (Lipinski definition) is 0. The zero-order chi connectivity index (χ0) is 17.8. The minimum absolute atomic E-state index is 0.0491. The van der Waals surface area contributed by atoms with E-state index in [1.807, 2.05) is 15.9 Å². The number of likely N-dealkylation sites (tertiary alicyclic amines) is 2. The van der Waals surface area contributed by atoms with Crippen LogP contribution in [0.1, 0.15) is 48.9 Å². The summed E-state index contributed by atoms with van der Waals surface area (Å²) in [5.74, 6) is 0.293. The van der Waals surface area contributed by atoms with Crippen molar-refractivity contribution in [2.75, 3.05) is 26.2 Å². The van der Waals surface area contributed by atoms with Gasteiger partial charge in [-0.25, -0.2) is 0 Å². The summed E-state index contributed by atoms with van der Waals surface area (Å²) in [4.78, 5) is 29.3. The molecule has 2 amide bonds. The molecule has 6 heteroatoms. The van der Waals surface area contributed by atoms with Crippen molar-refractivity contribution in [3.05, 3.63) is 33.3 Å². The number of rotatable bonds is 2. The molecule has 25 heavy (non-hydrogen) atoms. The average molecular weight is 428 g/mol. The number of hydrogen-bond acceptors (Lipinski definition) is 2. The first kappa shape index (κ1) is 18.7. The van der Waals surface area contributed by atoms with Crippen LogP contribution in [0.25, 0.3) is 0 Å². The van der Waals surface area contributed by atoms with Crippen LogP contribution in [0.4, 0.5) is 0 Å². The summed E-state index contributed by atoms with van der Waals surface area (Å²) >= 11 is 9.57. The number of piperidine rings is 1. The molecule has 0 aliphatic carbocycles. The summed E-state index contributed by atoms with van der Waals surface area (Å²) in [6, 6.07) is 5.32. The normalized spacial score (nSPS) is 19.6. The van der Waals surface area contributed by atoms with Gasteiger partial charge in [0, 0.05) is 36.6 Å². The lowest BCUT2D eigenvalue weighted by Gasteiger charge is -2.34. The van der Waals surface area contributed by atoms with E-state index >= 15 is 0 Å². The highest BCUT2D eigenvalue weighted by molar-refractivity contribution is 9.10. The molecule has 0 N–H and O–H groups in total. The van der Waals surface area contributed by atoms with E-state index in [4.69, 9.17) is 11.6 Å². The molecule has 0 atom stereocenters. The van der Waals surface area contributed by atoms with E-state index in [0.29, 0.717) is 23.7 Å². The highest BCUT2D eigenvalue weighted by atomic mass is 79.9. The summed E-state index contributed by atoms with van der Waals surface area (Å²) in [6.45, 7) is 3.02. The number of nitrogens with zero attached hydrogens (tertiary/aromatic N) is 2. The van der Waals surface area contributed by atoms with Gasteiger partial charge in [0.15, 0.2) is 0 Å². The molecule has 2 saturated heterocycles. The van der Waals surface area contributed by atoms with Gasteiger partial charge < -0.3 is 9.80 Å². The lowest BCUT2D eigenvalue weighted by atomic mass is 9.94. The van der Waals surface area contributed by atoms with E-state index in [1.165, 1.54) is 12.8 Å². The van der Waals surface area contributed by atoms with Crippen LogP contribution in [0.3, 0.4) is 0 Å². The number of carbonyl (C=O) groups excluding carboxylic acids is 2. The van der Waals surface area contributed by atoms with Gasteiger partial charge in [-0.1, -0.05) is 40.4 Å². The second-order valence-electron chi connectivity index (χ2n) is 6.93. The molecule has 0 aromatic heterocycles. The third-order valence-electron chi connectivity index (χ3n) is 5.21. The molecule has 2 aliphatic heterocycles.